The van der Waals surface area contributed by atoms with E-state index in [9.17, 15) is 0 Å². The highest BCUT2D eigenvalue weighted by Crippen LogP contribution is 2.53. The van der Waals surface area contributed by atoms with Crippen LogP contribution in [0.2, 0.25) is 0 Å². The predicted molar refractivity (Wildman–Crippen MR) is 61.3 cm³/mol. The first-order valence-electron chi connectivity index (χ1n) is 5.18. The standard InChI is InChI=1S/C10H18OS2/c1-12-11-8-10(6-7-10)13-9-4-2-3-5-9/h9H,2-8H2,1H3. The molecule has 2 aliphatic rings. The molecule has 2 aliphatic carbocycles. The second-order valence-corrected chi connectivity index (χ2v) is 6.47. The van der Waals surface area contributed by atoms with Crippen molar-refractivity contribution < 1.29 is 4.18 Å². The summed E-state index contributed by atoms with van der Waals surface area (Å²) in [6.07, 6.45) is 10.6. The highest BCUT2D eigenvalue weighted by Gasteiger charge is 2.45. The Morgan fingerprint density at radius 3 is 2.54 bits per heavy atom. The molecule has 13 heavy (non-hydrogen) atoms. The Morgan fingerprint density at radius 2 is 2.00 bits per heavy atom. The molecule has 0 heterocycles. The summed E-state index contributed by atoms with van der Waals surface area (Å²) in [6, 6.07) is 0. The number of hydrogen-bond acceptors (Lipinski definition) is 3. The van der Waals surface area contributed by atoms with Gasteiger partial charge < -0.3 is 4.18 Å². The zero-order chi connectivity index (χ0) is 9.15. The third kappa shape index (κ3) is 2.80. The molecule has 2 fully saturated rings. The van der Waals surface area contributed by atoms with Gasteiger partial charge in [0.1, 0.15) is 0 Å². The Labute approximate surface area is 89.6 Å². The minimum Gasteiger partial charge on any atom is -0.314 e. The Hall–Kier alpha value is 0.660. The van der Waals surface area contributed by atoms with Crippen molar-refractivity contribution in [3.05, 3.63) is 0 Å². The first-order valence-corrected chi connectivity index (χ1v) is 7.21. The monoisotopic (exact) mass is 218 g/mol. The van der Waals surface area contributed by atoms with Crippen molar-refractivity contribution in [2.24, 2.45) is 0 Å². The molecule has 1 nitrogen and oxygen atoms in total. The molecule has 0 bridgehead atoms. The van der Waals surface area contributed by atoms with E-state index in [1.165, 1.54) is 50.6 Å². The zero-order valence-corrected chi connectivity index (χ0v) is 9.88. The molecule has 0 N–H and O–H groups in total. The molecule has 0 aromatic carbocycles. The van der Waals surface area contributed by atoms with Crippen LogP contribution >= 0.6 is 23.8 Å². The van der Waals surface area contributed by atoms with Crippen LogP contribution in [0, 0.1) is 0 Å². The van der Waals surface area contributed by atoms with Gasteiger partial charge in [-0.2, -0.15) is 0 Å². The van der Waals surface area contributed by atoms with Gasteiger partial charge in [-0.15, -0.1) is 11.8 Å². The average molecular weight is 218 g/mol. The van der Waals surface area contributed by atoms with Crippen molar-refractivity contribution in [2.75, 3.05) is 12.9 Å². The quantitative estimate of drug-likeness (QED) is 0.654. The molecular formula is C10H18OS2. The highest BCUT2D eigenvalue weighted by molar-refractivity contribution is 8.01. The van der Waals surface area contributed by atoms with Crippen LogP contribution in [0.1, 0.15) is 38.5 Å². The Bertz CT molecular complexity index is 162. The fourth-order valence-electron chi connectivity index (χ4n) is 1.96. The van der Waals surface area contributed by atoms with Gasteiger partial charge in [0, 0.05) is 16.3 Å². The smallest absolute Gasteiger partial charge is 0.0760 e. The summed E-state index contributed by atoms with van der Waals surface area (Å²) in [6.45, 7) is 0.968. The van der Waals surface area contributed by atoms with Crippen LogP contribution < -0.4 is 0 Å². The van der Waals surface area contributed by atoms with Crippen LogP contribution in [-0.4, -0.2) is 22.9 Å². The van der Waals surface area contributed by atoms with Crippen molar-refractivity contribution >= 4 is 23.8 Å². The summed E-state index contributed by atoms with van der Waals surface area (Å²) >= 11 is 3.74. The molecule has 0 aliphatic heterocycles. The minimum atomic E-state index is 0.540. The maximum absolute atomic E-state index is 5.47. The molecule has 2 saturated carbocycles. The lowest BCUT2D eigenvalue weighted by Crippen LogP contribution is -2.14. The fraction of sp³-hybridized carbons (Fsp3) is 1.00. The third-order valence-electron chi connectivity index (χ3n) is 2.97. The number of hydrogen-bond donors (Lipinski definition) is 0. The van der Waals surface area contributed by atoms with E-state index >= 15 is 0 Å². The van der Waals surface area contributed by atoms with Crippen LogP contribution in [0.4, 0.5) is 0 Å². The maximum Gasteiger partial charge on any atom is 0.0760 e. The lowest BCUT2D eigenvalue weighted by molar-refractivity contribution is 0.367. The van der Waals surface area contributed by atoms with Crippen LogP contribution in [-0.2, 0) is 4.18 Å². The normalized spacial score (nSPS) is 26.5. The van der Waals surface area contributed by atoms with Crippen molar-refractivity contribution in [2.45, 2.75) is 48.5 Å². The molecule has 3 heteroatoms. The average Bonchev–Trinajstić information content (AvgIpc) is 2.69. The van der Waals surface area contributed by atoms with E-state index in [0.717, 1.165) is 11.9 Å². The van der Waals surface area contributed by atoms with Gasteiger partial charge in [-0.25, -0.2) is 0 Å². The molecule has 76 valence electrons. The van der Waals surface area contributed by atoms with Gasteiger partial charge in [-0.1, -0.05) is 12.8 Å². The molecule has 0 unspecified atom stereocenters. The Balaban J connectivity index is 1.72. The van der Waals surface area contributed by atoms with Crippen molar-refractivity contribution in [1.29, 1.82) is 0 Å². The van der Waals surface area contributed by atoms with Crippen LogP contribution in [0.15, 0.2) is 0 Å². The molecule has 0 amide bonds. The van der Waals surface area contributed by atoms with Crippen LogP contribution in [0.3, 0.4) is 0 Å². The van der Waals surface area contributed by atoms with Gasteiger partial charge in [0.2, 0.25) is 0 Å². The van der Waals surface area contributed by atoms with E-state index < -0.39 is 0 Å². The Morgan fingerprint density at radius 1 is 1.31 bits per heavy atom. The Kier molecular flexibility index (Phi) is 3.49. The molecule has 0 aromatic heterocycles. The van der Waals surface area contributed by atoms with Crippen LogP contribution in [0.25, 0.3) is 0 Å². The first-order chi connectivity index (χ1) is 6.35. The molecule has 2 rings (SSSR count). The number of rotatable bonds is 5. The third-order valence-corrected chi connectivity index (χ3v) is 5.15. The second kappa shape index (κ2) is 4.45. The molecular weight excluding hydrogens is 200 g/mol. The molecule has 0 spiro atoms. The SMILES string of the molecule is CSOCC1(SC2CCCC2)CC1. The topological polar surface area (TPSA) is 9.23 Å². The minimum absolute atomic E-state index is 0.540. The number of thioether (sulfide) groups is 1. The fourth-order valence-corrected chi connectivity index (χ4v) is 4.12. The maximum atomic E-state index is 5.47. The van der Waals surface area contributed by atoms with E-state index in [1.807, 2.05) is 6.26 Å². The van der Waals surface area contributed by atoms with Crippen molar-refractivity contribution in [3.63, 3.8) is 0 Å². The van der Waals surface area contributed by atoms with Crippen molar-refractivity contribution in [3.8, 4) is 0 Å². The van der Waals surface area contributed by atoms with Gasteiger partial charge >= 0.3 is 0 Å². The molecule has 0 aromatic rings. The second-order valence-electron chi connectivity index (χ2n) is 4.14. The van der Waals surface area contributed by atoms with Gasteiger partial charge in [-0.05, 0) is 37.7 Å². The van der Waals surface area contributed by atoms with E-state index in [4.69, 9.17) is 4.18 Å². The summed E-state index contributed by atoms with van der Waals surface area (Å²) < 4.78 is 6.01. The summed E-state index contributed by atoms with van der Waals surface area (Å²) in [5.74, 6) is 0. The zero-order valence-electron chi connectivity index (χ0n) is 8.25. The lowest BCUT2D eigenvalue weighted by Gasteiger charge is -2.18. The van der Waals surface area contributed by atoms with Crippen molar-refractivity contribution in [1.82, 2.24) is 0 Å². The molecule has 0 atom stereocenters. The van der Waals surface area contributed by atoms with Crippen LogP contribution in [0.5, 0.6) is 0 Å². The van der Waals surface area contributed by atoms with E-state index in [2.05, 4.69) is 11.8 Å². The van der Waals surface area contributed by atoms with E-state index in [1.54, 1.807) is 0 Å². The highest BCUT2D eigenvalue weighted by atomic mass is 32.2. The summed E-state index contributed by atoms with van der Waals surface area (Å²) in [5.41, 5.74) is 0. The van der Waals surface area contributed by atoms with Gasteiger partial charge in [0.25, 0.3) is 0 Å². The van der Waals surface area contributed by atoms with E-state index in [-0.39, 0.29) is 0 Å². The first kappa shape index (κ1) is 10.2. The van der Waals surface area contributed by atoms with Gasteiger partial charge in [-0.3, -0.25) is 0 Å². The predicted octanol–water partition coefficient (Wildman–Crippen LogP) is 3.49. The lowest BCUT2D eigenvalue weighted by atomic mass is 10.4. The summed E-state index contributed by atoms with van der Waals surface area (Å²) in [7, 11) is 0. The molecule has 0 radical (unpaired) electrons. The van der Waals surface area contributed by atoms with E-state index in [0.29, 0.717) is 4.75 Å². The summed E-state index contributed by atoms with van der Waals surface area (Å²) in [5, 5.41) is 0.952. The summed E-state index contributed by atoms with van der Waals surface area (Å²) in [4.78, 5) is 0. The van der Waals surface area contributed by atoms with Gasteiger partial charge in [0.15, 0.2) is 0 Å². The largest absolute Gasteiger partial charge is 0.314 e. The molecule has 0 saturated heterocycles. The van der Waals surface area contributed by atoms with Gasteiger partial charge in [0.05, 0.1) is 6.61 Å².